The first kappa shape index (κ1) is 32.8. The smallest absolute Gasteiger partial charge is 0.414 e. The van der Waals surface area contributed by atoms with Gasteiger partial charge in [0.15, 0.2) is 0 Å². The van der Waals surface area contributed by atoms with Crippen molar-refractivity contribution in [2.24, 2.45) is 5.41 Å². The van der Waals surface area contributed by atoms with Gasteiger partial charge in [-0.1, -0.05) is 48.7 Å². The molecule has 0 spiro atoms. The summed E-state index contributed by atoms with van der Waals surface area (Å²) in [6, 6.07) is 18.5. The number of carbonyl (C=O) groups is 2. The highest BCUT2D eigenvalue weighted by molar-refractivity contribution is 6.17. The van der Waals surface area contributed by atoms with Gasteiger partial charge >= 0.3 is 12.0 Å². The summed E-state index contributed by atoms with van der Waals surface area (Å²) in [4.78, 5) is 28.6. The molecule has 12 heteroatoms. The predicted octanol–water partition coefficient (Wildman–Crippen LogP) is 1.87. The Hall–Kier alpha value is -4.63. The van der Waals surface area contributed by atoms with Gasteiger partial charge in [0, 0.05) is 12.2 Å². The van der Waals surface area contributed by atoms with Gasteiger partial charge in [0.2, 0.25) is 17.1 Å². The van der Waals surface area contributed by atoms with E-state index in [2.05, 4.69) is 16.7 Å². The number of nitrogens with one attached hydrogen (secondary N) is 2. The average Bonchev–Trinajstić information content (AvgIpc) is 3.80. The summed E-state index contributed by atoms with van der Waals surface area (Å²) in [5, 5.41) is 15.0. The van der Waals surface area contributed by atoms with Gasteiger partial charge in [-0.2, -0.15) is 23.0 Å². The Bertz CT molecular complexity index is 1770. The van der Waals surface area contributed by atoms with Crippen LogP contribution >= 0.6 is 0 Å². The third-order valence-corrected chi connectivity index (χ3v) is 8.54. The van der Waals surface area contributed by atoms with E-state index in [-0.39, 0.29) is 41.0 Å². The third kappa shape index (κ3) is 5.99. The number of hydrogen-bond acceptors (Lipinski definition) is 5. The Morgan fingerprint density at radius 1 is 1.13 bits per heavy atom. The second kappa shape index (κ2) is 13.0. The van der Waals surface area contributed by atoms with Gasteiger partial charge < -0.3 is 32.5 Å². The molecule has 0 radical (unpaired) electrons. The fraction of sp³-hybridized carbons (Fsp3) is 0.294. The summed E-state index contributed by atoms with van der Waals surface area (Å²) < 4.78 is 48.4. The van der Waals surface area contributed by atoms with Crippen molar-refractivity contribution in [2.75, 3.05) is 6.67 Å². The standard InChI is InChI=1S/C34H31F3N6O2.BrH/c1-23-17-29(30(44)33(18-23,34(35,36)37)32(45)40-26-9-5-6-10-26)42-21-28(39-22-42)31-41(20-25-7-3-2-4-8-25)15-16-43(31)27-13-11-24(19-38)12-14-27;/h2-4,7-8,11-18,21,26,39H,5-6,9-10,20,22H2,1H3;1H. The van der Waals surface area contributed by atoms with Gasteiger partial charge in [-0.15, -0.1) is 0 Å². The lowest BCUT2D eigenvalue weighted by Gasteiger charge is -2.36. The second-order valence-corrected chi connectivity index (χ2v) is 11.6. The maximum atomic E-state index is 14.8. The average molecular weight is 694 g/mol. The van der Waals surface area contributed by atoms with Gasteiger partial charge in [-0.25, -0.2) is 4.57 Å². The molecule has 0 saturated heterocycles. The largest absolute Gasteiger partial charge is 1.00 e. The fourth-order valence-corrected chi connectivity index (χ4v) is 6.26. The van der Waals surface area contributed by atoms with Gasteiger partial charge in [0.25, 0.3) is 0 Å². The van der Waals surface area contributed by atoms with Crippen LogP contribution in [0.25, 0.3) is 11.4 Å². The number of benzene rings is 2. The molecule has 46 heavy (non-hydrogen) atoms. The summed E-state index contributed by atoms with van der Waals surface area (Å²) in [6.07, 6.45) is 5.18. The molecule has 1 fully saturated rings. The maximum Gasteiger partial charge on any atom is 0.414 e. The summed E-state index contributed by atoms with van der Waals surface area (Å²) >= 11 is 0. The van der Waals surface area contributed by atoms with Crippen LogP contribution in [-0.2, 0) is 16.1 Å². The van der Waals surface area contributed by atoms with E-state index in [1.54, 1.807) is 18.3 Å². The number of imidazole rings is 1. The summed E-state index contributed by atoms with van der Waals surface area (Å²) in [6.45, 7) is 1.98. The number of allylic oxidation sites excluding steroid dienone is 3. The molecule has 1 aromatic heterocycles. The van der Waals surface area contributed by atoms with Gasteiger partial charge in [-0.05, 0) is 61.7 Å². The summed E-state index contributed by atoms with van der Waals surface area (Å²) in [5.74, 6) is -1.96. The molecule has 1 unspecified atom stereocenters. The Balaban J connectivity index is 0.00000417. The molecule has 2 aromatic carbocycles. The van der Waals surface area contributed by atoms with Crippen LogP contribution < -0.4 is 32.2 Å². The van der Waals surface area contributed by atoms with Crippen molar-refractivity contribution in [2.45, 2.75) is 51.4 Å². The SMILES string of the molecule is CC1=CC(C(=O)NC2CCCC2)(C(F)(F)F)C(=O)C(N2C=C(c3n(-c4ccc(C#N)cc4)cc[n+]3Cc3ccccc3)NC2)=C1.[Br-]. The first-order valence-corrected chi connectivity index (χ1v) is 14.8. The number of halogens is 4. The third-order valence-electron chi connectivity index (χ3n) is 8.54. The molecule has 3 aromatic rings. The number of hydrogen-bond donors (Lipinski definition) is 2. The normalized spacial score (nSPS) is 19.8. The number of amides is 1. The number of alkyl halides is 3. The Morgan fingerprint density at radius 2 is 1.83 bits per heavy atom. The molecule has 1 aliphatic heterocycles. The van der Waals surface area contributed by atoms with Crippen molar-refractivity contribution < 1.29 is 44.3 Å². The summed E-state index contributed by atoms with van der Waals surface area (Å²) in [5.41, 5.74) is -0.502. The number of Topliss-reactive ketones (excluding diaryl/α,β-unsaturated/α-hetero) is 1. The zero-order chi connectivity index (χ0) is 31.8. The molecule has 1 atom stereocenters. The lowest BCUT2D eigenvalue weighted by atomic mass is 9.75. The van der Waals surface area contributed by atoms with E-state index in [1.165, 1.54) is 17.9 Å². The predicted molar refractivity (Wildman–Crippen MR) is 160 cm³/mol. The Morgan fingerprint density at radius 3 is 2.48 bits per heavy atom. The molecule has 1 amide bonds. The highest BCUT2D eigenvalue weighted by atomic mass is 79.9. The molecule has 3 aliphatic rings. The van der Waals surface area contributed by atoms with Crippen molar-refractivity contribution >= 4 is 17.4 Å². The quantitative estimate of drug-likeness (QED) is 0.292. The second-order valence-electron chi connectivity index (χ2n) is 11.6. The van der Waals surface area contributed by atoms with Gasteiger partial charge in [0.05, 0.1) is 24.0 Å². The van der Waals surface area contributed by atoms with Crippen molar-refractivity contribution in [1.82, 2.24) is 20.1 Å². The highest BCUT2D eigenvalue weighted by Crippen LogP contribution is 2.46. The van der Waals surface area contributed by atoms with Crippen molar-refractivity contribution in [3.63, 3.8) is 0 Å². The van der Waals surface area contributed by atoms with E-state index < -0.39 is 23.3 Å². The molecule has 6 rings (SSSR count). The lowest BCUT2D eigenvalue weighted by molar-refractivity contribution is -0.689. The molecular formula is C34H32BrF3N6O2. The van der Waals surface area contributed by atoms with Crippen LogP contribution in [0, 0.1) is 16.7 Å². The Kier molecular flexibility index (Phi) is 9.26. The van der Waals surface area contributed by atoms with E-state index in [0.717, 1.165) is 30.2 Å². The molecule has 0 bridgehead atoms. The number of ketones is 1. The number of carbonyl (C=O) groups excluding carboxylic acids is 2. The van der Waals surface area contributed by atoms with Crippen LogP contribution in [0.15, 0.2) is 96.6 Å². The van der Waals surface area contributed by atoms with Crippen LogP contribution in [0.5, 0.6) is 0 Å². The van der Waals surface area contributed by atoms with Crippen LogP contribution in [0.4, 0.5) is 13.2 Å². The minimum absolute atomic E-state index is 0. The molecule has 8 nitrogen and oxygen atoms in total. The molecule has 2 heterocycles. The molecule has 238 valence electrons. The molecule has 1 saturated carbocycles. The minimum Gasteiger partial charge on any atom is -1.00 e. The minimum atomic E-state index is -5.14. The zero-order valence-electron chi connectivity index (χ0n) is 25.0. The van der Waals surface area contributed by atoms with Crippen molar-refractivity contribution in [3.05, 3.63) is 114 Å². The maximum absolute atomic E-state index is 14.8. The van der Waals surface area contributed by atoms with E-state index in [0.29, 0.717) is 36.5 Å². The van der Waals surface area contributed by atoms with Crippen LogP contribution in [0.3, 0.4) is 0 Å². The first-order chi connectivity index (χ1) is 21.6. The van der Waals surface area contributed by atoms with Gasteiger partial charge in [0.1, 0.15) is 30.3 Å². The van der Waals surface area contributed by atoms with Crippen LogP contribution in [0.2, 0.25) is 0 Å². The number of nitriles is 1. The zero-order valence-corrected chi connectivity index (χ0v) is 26.6. The van der Waals surface area contributed by atoms with E-state index >= 15 is 0 Å². The monoisotopic (exact) mass is 692 g/mol. The Labute approximate surface area is 275 Å². The topological polar surface area (TPSA) is 94.0 Å². The van der Waals surface area contributed by atoms with E-state index in [9.17, 15) is 28.0 Å². The summed E-state index contributed by atoms with van der Waals surface area (Å²) in [7, 11) is 0. The van der Waals surface area contributed by atoms with Gasteiger partial charge in [-0.3, -0.25) is 9.59 Å². The fourth-order valence-electron chi connectivity index (χ4n) is 6.26. The van der Waals surface area contributed by atoms with Crippen molar-refractivity contribution in [1.29, 1.82) is 5.26 Å². The number of aromatic nitrogens is 2. The molecule has 2 aliphatic carbocycles. The van der Waals surface area contributed by atoms with Crippen LogP contribution in [0.1, 0.15) is 49.6 Å². The highest BCUT2D eigenvalue weighted by Gasteiger charge is 2.66. The van der Waals surface area contributed by atoms with Crippen LogP contribution in [-0.4, -0.2) is 40.0 Å². The van der Waals surface area contributed by atoms with E-state index in [4.69, 9.17) is 0 Å². The number of nitrogens with zero attached hydrogens (tertiary/aromatic N) is 4. The van der Waals surface area contributed by atoms with E-state index in [1.807, 2.05) is 64.0 Å². The van der Waals surface area contributed by atoms with Crippen molar-refractivity contribution in [3.8, 4) is 11.8 Å². The number of rotatable bonds is 7. The first-order valence-electron chi connectivity index (χ1n) is 14.8. The molecular weight excluding hydrogens is 661 g/mol. The lowest BCUT2D eigenvalue weighted by Crippen LogP contribution is -3.00. The molecule has 2 N–H and O–H groups in total.